The number of nitrogens with zero attached hydrogens (tertiary/aromatic N) is 8. The van der Waals surface area contributed by atoms with Gasteiger partial charge in [-0.15, -0.1) is 16.4 Å². The first-order chi connectivity index (χ1) is 25.5. The highest BCUT2D eigenvalue weighted by molar-refractivity contribution is 7.23. The molecule has 0 spiro atoms. The maximum atomic E-state index is 17.1. The summed E-state index contributed by atoms with van der Waals surface area (Å²) in [5.41, 5.74) is 5.68. The van der Waals surface area contributed by atoms with Gasteiger partial charge in [-0.3, -0.25) is 9.69 Å². The van der Waals surface area contributed by atoms with Crippen molar-refractivity contribution in [3.05, 3.63) is 52.7 Å². The number of alkyl halides is 1. The molecule has 8 rings (SSSR count). The van der Waals surface area contributed by atoms with Gasteiger partial charge in [-0.2, -0.15) is 15.2 Å². The van der Waals surface area contributed by atoms with E-state index >= 15 is 4.39 Å². The lowest BCUT2D eigenvalue weighted by Crippen LogP contribution is -2.43. The fraction of sp³-hybridized carbons (Fsp3) is 0.432. The summed E-state index contributed by atoms with van der Waals surface area (Å²) in [5.74, 6) is -0.731. The Balaban J connectivity index is 1.21. The molecular formula is C37H37ClF3N9O2S. The van der Waals surface area contributed by atoms with Crippen molar-refractivity contribution in [3.8, 4) is 23.2 Å². The molecule has 3 fully saturated rings. The fourth-order valence-corrected chi connectivity index (χ4v) is 9.53. The number of carbonyl (C=O) groups excluding carboxylic acids is 1. The Bertz CT molecular complexity index is 2310. The molecule has 1 unspecified atom stereocenters. The van der Waals surface area contributed by atoms with Crippen LogP contribution in [-0.4, -0.2) is 89.1 Å². The molecule has 3 saturated heterocycles. The Labute approximate surface area is 312 Å². The van der Waals surface area contributed by atoms with Gasteiger partial charge < -0.3 is 20.3 Å². The van der Waals surface area contributed by atoms with Crippen LogP contribution in [0, 0.1) is 28.9 Å². The molecule has 3 aliphatic rings. The molecule has 6 heterocycles. The largest absolute Gasteiger partial charge is 0.461 e. The Kier molecular flexibility index (Phi) is 9.11. The van der Waals surface area contributed by atoms with Crippen LogP contribution in [0.15, 0.2) is 30.5 Å². The van der Waals surface area contributed by atoms with Crippen molar-refractivity contribution in [3.63, 3.8) is 0 Å². The second kappa shape index (κ2) is 13.6. The van der Waals surface area contributed by atoms with Crippen molar-refractivity contribution in [2.24, 2.45) is 5.92 Å². The van der Waals surface area contributed by atoms with E-state index in [0.717, 1.165) is 30.7 Å². The van der Waals surface area contributed by atoms with Gasteiger partial charge in [-0.05, 0) is 56.3 Å². The number of hydrogen-bond donors (Lipinski definition) is 1. The van der Waals surface area contributed by atoms with E-state index in [1.807, 2.05) is 30.0 Å². The number of ether oxygens (including phenoxy) is 1. The summed E-state index contributed by atoms with van der Waals surface area (Å²) < 4.78 is 54.5. The van der Waals surface area contributed by atoms with Crippen LogP contribution in [-0.2, 0) is 0 Å². The highest BCUT2D eigenvalue weighted by atomic mass is 35.5. The number of benzene rings is 2. The van der Waals surface area contributed by atoms with Gasteiger partial charge in [0, 0.05) is 74.7 Å². The van der Waals surface area contributed by atoms with Gasteiger partial charge in [-0.1, -0.05) is 17.7 Å². The van der Waals surface area contributed by atoms with Crippen molar-refractivity contribution in [2.75, 3.05) is 62.4 Å². The molecule has 3 aliphatic heterocycles. The smallest absolute Gasteiger partial charge is 0.319 e. The minimum Gasteiger partial charge on any atom is -0.461 e. The summed E-state index contributed by atoms with van der Waals surface area (Å²) in [6.45, 7) is 2.18. The maximum absolute atomic E-state index is 17.1. The average molecular weight is 764 g/mol. The van der Waals surface area contributed by atoms with Crippen molar-refractivity contribution in [2.45, 2.75) is 50.2 Å². The van der Waals surface area contributed by atoms with Gasteiger partial charge in [0.05, 0.1) is 20.8 Å². The second-order valence-electron chi connectivity index (χ2n) is 14.4. The first kappa shape index (κ1) is 35.4. The molecule has 3 atom stereocenters. The first-order valence-corrected chi connectivity index (χ1v) is 18.8. The van der Waals surface area contributed by atoms with Crippen LogP contribution < -0.4 is 20.3 Å². The Hall–Kier alpha value is -4.65. The summed E-state index contributed by atoms with van der Waals surface area (Å²) in [6.07, 6.45) is 4.48. The van der Waals surface area contributed by atoms with Gasteiger partial charge in [0.2, 0.25) is 5.91 Å². The van der Waals surface area contributed by atoms with Crippen molar-refractivity contribution < 1.29 is 22.7 Å². The molecule has 276 valence electrons. The van der Waals surface area contributed by atoms with E-state index in [-0.39, 0.29) is 66.8 Å². The molecule has 0 saturated carbocycles. The molecule has 11 nitrogen and oxygen atoms in total. The summed E-state index contributed by atoms with van der Waals surface area (Å²) >= 11 is 7.81. The lowest BCUT2D eigenvalue weighted by molar-refractivity contribution is 0.0807. The zero-order valence-electron chi connectivity index (χ0n) is 29.2. The van der Waals surface area contributed by atoms with Gasteiger partial charge in [0.25, 0.3) is 0 Å². The van der Waals surface area contributed by atoms with Gasteiger partial charge in [0.15, 0.2) is 11.6 Å². The topological polar surface area (TPSA) is 129 Å². The van der Waals surface area contributed by atoms with Crippen LogP contribution in [0.1, 0.15) is 48.9 Å². The van der Waals surface area contributed by atoms with E-state index < -0.39 is 23.3 Å². The van der Waals surface area contributed by atoms with Crippen molar-refractivity contribution in [1.29, 1.82) is 5.26 Å². The SMILES string of the molecule is CN(C)c1ccn(C(=O)C2CCCN(c3nc(OC[C@@]45CCCN4C[C@H](F)C5)nc4c(F)c(-c5ccc(F)c6sc(N)c(C#N)c56)c(Cl)cc34)CC2)n1. The summed E-state index contributed by atoms with van der Waals surface area (Å²) in [6, 6.07) is 7.90. The molecule has 2 N–H and O–H groups in total. The highest BCUT2D eigenvalue weighted by Crippen LogP contribution is 2.46. The molecule has 5 aromatic rings. The number of aromatic nitrogens is 4. The number of rotatable bonds is 7. The highest BCUT2D eigenvalue weighted by Gasteiger charge is 2.49. The predicted octanol–water partition coefficient (Wildman–Crippen LogP) is 7.06. The number of nitriles is 1. The minimum absolute atomic E-state index is 0.00812. The van der Waals surface area contributed by atoms with E-state index in [1.54, 1.807) is 18.3 Å². The van der Waals surface area contributed by atoms with E-state index in [9.17, 15) is 18.8 Å². The zero-order valence-corrected chi connectivity index (χ0v) is 30.8. The molecule has 0 radical (unpaired) electrons. The zero-order chi connectivity index (χ0) is 37.2. The normalized spacial score (nSPS) is 21.9. The van der Waals surface area contributed by atoms with Crippen LogP contribution in [0.2, 0.25) is 5.02 Å². The molecule has 2 aromatic carbocycles. The predicted molar refractivity (Wildman–Crippen MR) is 200 cm³/mol. The number of fused-ring (bicyclic) bond motifs is 3. The molecular weight excluding hydrogens is 727 g/mol. The number of anilines is 3. The fourth-order valence-electron chi connectivity index (χ4n) is 8.29. The van der Waals surface area contributed by atoms with E-state index in [1.165, 1.54) is 16.8 Å². The lowest BCUT2D eigenvalue weighted by atomic mass is 9.95. The number of nitrogens with two attached hydrogens (primary N) is 1. The van der Waals surface area contributed by atoms with Crippen molar-refractivity contribution >= 4 is 66.5 Å². The van der Waals surface area contributed by atoms with Gasteiger partial charge >= 0.3 is 6.01 Å². The Morgan fingerprint density at radius 1 is 1.19 bits per heavy atom. The van der Waals surface area contributed by atoms with Crippen molar-refractivity contribution in [1.82, 2.24) is 24.6 Å². The van der Waals surface area contributed by atoms with Crippen LogP contribution in [0.4, 0.5) is 29.8 Å². The molecule has 0 bridgehead atoms. The number of thiophene rings is 1. The average Bonchev–Trinajstić information content (AvgIpc) is 3.87. The van der Waals surface area contributed by atoms with Crippen LogP contribution in [0.25, 0.3) is 32.1 Å². The van der Waals surface area contributed by atoms with E-state index in [2.05, 4.69) is 15.0 Å². The number of nitrogen functional groups attached to an aromatic ring is 1. The van der Waals surface area contributed by atoms with Crippen LogP contribution >= 0.6 is 22.9 Å². The van der Waals surface area contributed by atoms with Gasteiger partial charge in [-0.25, -0.2) is 17.9 Å². The minimum atomic E-state index is -0.963. The molecule has 16 heteroatoms. The standard InChI is InChI=1S/C37H37ClF3N9O2S/c1-47(2)27-9-14-50(46-27)35(51)20-5-3-11-48(13-8-20)34-23-15-25(38)29(22-6-7-26(40)32-28(22)24(17-42)33(43)53-32)30(41)31(23)44-36(45-34)52-19-37-10-4-12-49(37)18-21(39)16-37/h6-7,9,14-15,20-21H,3-5,8,10-13,16,18-19,43H2,1-2H3/t20?,21-,37+/m1/s1. The Morgan fingerprint density at radius 2 is 2.02 bits per heavy atom. The van der Waals surface area contributed by atoms with Crippen LogP contribution in [0.5, 0.6) is 6.01 Å². The quantitative estimate of drug-likeness (QED) is 0.184. The van der Waals surface area contributed by atoms with Crippen LogP contribution in [0.3, 0.4) is 0 Å². The molecule has 3 aromatic heterocycles. The lowest BCUT2D eigenvalue weighted by Gasteiger charge is -2.31. The van der Waals surface area contributed by atoms with E-state index in [0.29, 0.717) is 62.3 Å². The number of carbonyl (C=O) groups is 1. The third-order valence-corrected chi connectivity index (χ3v) is 12.2. The first-order valence-electron chi connectivity index (χ1n) is 17.6. The summed E-state index contributed by atoms with van der Waals surface area (Å²) in [7, 11) is 3.72. The second-order valence-corrected chi connectivity index (χ2v) is 15.8. The monoisotopic (exact) mass is 763 g/mol. The Morgan fingerprint density at radius 3 is 2.79 bits per heavy atom. The summed E-state index contributed by atoms with van der Waals surface area (Å²) in [4.78, 5) is 28.9. The summed E-state index contributed by atoms with van der Waals surface area (Å²) in [5, 5.41) is 15.0. The molecule has 0 aliphatic carbocycles. The number of halogens is 4. The number of hydrogen-bond acceptors (Lipinski definition) is 11. The third kappa shape index (κ3) is 6.10. The van der Waals surface area contributed by atoms with Gasteiger partial charge in [0.1, 0.15) is 41.0 Å². The molecule has 0 amide bonds. The van der Waals surface area contributed by atoms with E-state index in [4.69, 9.17) is 27.1 Å². The maximum Gasteiger partial charge on any atom is 0.319 e. The third-order valence-electron chi connectivity index (χ3n) is 10.9. The molecule has 53 heavy (non-hydrogen) atoms.